The van der Waals surface area contributed by atoms with E-state index in [9.17, 15) is 13.2 Å². The van der Waals surface area contributed by atoms with Crippen molar-refractivity contribution in [1.82, 2.24) is 14.5 Å². The third kappa shape index (κ3) is 5.17. The molecule has 32 heavy (non-hydrogen) atoms. The molecular weight excluding hydrogens is 454 g/mol. The van der Waals surface area contributed by atoms with E-state index in [4.69, 9.17) is 21.1 Å². The Balaban J connectivity index is 1.30. The first-order valence-electron chi connectivity index (χ1n) is 10.5. The van der Waals surface area contributed by atoms with Gasteiger partial charge in [0.25, 0.3) is 0 Å². The summed E-state index contributed by atoms with van der Waals surface area (Å²) >= 11 is 5.91. The van der Waals surface area contributed by atoms with Crippen LogP contribution < -0.4 is 14.8 Å². The van der Waals surface area contributed by atoms with Gasteiger partial charge in [0.05, 0.1) is 17.5 Å². The van der Waals surface area contributed by atoms with Crippen LogP contribution in [0.5, 0.6) is 11.5 Å². The summed E-state index contributed by atoms with van der Waals surface area (Å²) in [5.74, 6) is 0.900. The summed E-state index contributed by atoms with van der Waals surface area (Å²) in [5.41, 5.74) is 0.970. The van der Waals surface area contributed by atoms with Crippen LogP contribution in [0.25, 0.3) is 0 Å². The third-order valence-corrected chi connectivity index (χ3v) is 7.74. The summed E-state index contributed by atoms with van der Waals surface area (Å²) in [4.78, 5) is 14.6. The number of sulfonamides is 1. The first kappa shape index (κ1) is 22.8. The van der Waals surface area contributed by atoms with E-state index in [1.165, 1.54) is 10.4 Å². The number of amides is 1. The molecule has 2 aliphatic rings. The van der Waals surface area contributed by atoms with Gasteiger partial charge in [-0.15, -0.1) is 0 Å². The number of carbonyl (C=O) groups is 1. The van der Waals surface area contributed by atoms with Gasteiger partial charge in [0.1, 0.15) is 13.2 Å². The van der Waals surface area contributed by atoms with Gasteiger partial charge in [-0.3, -0.25) is 9.69 Å². The molecule has 0 saturated carbocycles. The smallest absolute Gasteiger partial charge is 0.243 e. The molecule has 172 valence electrons. The number of hydrogen-bond donors (Lipinski definition) is 1. The minimum absolute atomic E-state index is 0.101. The van der Waals surface area contributed by atoms with E-state index >= 15 is 0 Å². The Bertz CT molecular complexity index is 1070. The van der Waals surface area contributed by atoms with Crippen molar-refractivity contribution in [3.05, 3.63) is 53.1 Å². The van der Waals surface area contributed by atoms with Crippen molar-refractivity contribution in [3.8, 4) is 11.5 Å². The maximum absolute atomic E-state index is 13.1. The second kappa shape index (κ2) is 9.66. The summed E-state index contributed by atoms with van der Waals surface area (Å²) in [6.07, 6.45) is 0. The van der Waals surface area contributed by atoms with Crippen LogP contribution in [0, 0.1) is 0 Å². The van der Waals surface area contributed by atoms with Gasteiger partial charge >= 0.3 is 0 Å². The predicted octanol–water partition coefficient (Wildman–Crippen LogP) is 2.29. The zero-order chi connectivity index (χ0) is 22.7. The van der Waals surface area contributed by atoms with Crippen LogP contribution in [-0.2, 0) is 14.8 Å². The van der Waals surface area contributed by atoms with E-state index in [1.807, 2.05) is 24.0 Å². The topological polar surface area (TPSA) is 88.2 Å². The number of benzene rings is 2. The van der Waals surface area contributed by atoms with Crippen molar-refractivity contribution in [2.75, 3.05) is 45.9 Å². The van der Waals surface area contributed by atoms with Gasteiger partial charge in [-0.2, -0.15) is 4.31 Å². The van der Waals surface area contributed by atoms with Gasteiger partial charge < -0.3 is 14.8 Å². The van der Waals surface area contributed by atoms with Gasteiger partial charge in [0, 0.05) is 37.3 Å². The molecule has 2 heterocycles. The average molecular weight is 480 g/mol. The summed E-state index contributed by atoms with van der Waals surface area (Å²) in [7, 11) is -3.65. The number of piperazine rings is 1. The lowest BCUT2D eigenvalue weighted by Crippen LogP contribution is -2.51. The molecule has 2 aromatic rings. The van der Waals surface area contributed by atoms with Crippen LogP contribution in [-0.4, -0.2) is 69.5 Å². The molecule has 4 rings (SSSR count). The molecular formula is C22H26ClN3O5S. The van der Waals surface area contributed by atoms with Crippen molar-refractivity contribution in [2.45, 2.75) is 17.9 Å². The van der Waals surface area contributed by atoms with Crippen LogP contribution in [0.15, 0.2) is 47.4 Å². The second-order valence-corrected chi connectivity index (χ2v) is 10.2. The molecule has 8 nitrogen and oxygen atoms in total. The Morgan fingerprint density at radius 3 is 2.38 bits per heavy atom. The third-order valence-electron chi connectivity index (χ3n) is 5.60. The summed E-state index contributed by atoms with van der Waals surface area (Å²) in [6.45, 7) is 4.57. The largest absolute Gasteiger partial charge is 0.486 e. The lowest BCUT2D eigenvalue weighted by Gasteiger charge is -2.33. The highest BCUT2D eigenvalue weighted by Crippen LogP contribution is 2.33. The number of carbonyl (C=O) groups excluding carboxylic acids is 1. The Morgan fingerprint density at radius 1 is 1.03 bits per heavy atom. The monoisotopic (exact) mass is 479 g/mol. The van der Waals surface area contributed by atoms with Gasteiger partial charge in [-0.1, -0.05) is 23.7 Å². The summed E-state index contributed by atoms with van der Waals surface area (Å²) in [5, 5.41) is 3.63. The fourth-order valence-corrected chi connectivity index (χ4v) is 5.35. The van der Waals surface area contributed by atoms with E-state index in [-0.39, 0.29) is 23.4 Å². The van der Waals surface area contributed by atoms with Gasteiger partial charge in [0.15, 0.2) is 11.5 Å². The van der Waals surface area contributed by atoms with Crippen LogP contribution in [0.4, 0.5) is 0 Å². The summed E-state index contributed by atoms with van der Waals surface area (Å²) in [6, 6.07) is 11.9. The minimum Gasteiger partial charge on any atom is -0.486 e. The van der Waals surface area contributed by atoms with Crippen molar-refractivity contribution < 1.29 is 22.7 Å². The van der Waals surface area contributed by atoms with Crippen LogP contribution in [0.3, 0.4) is 0 Å². The molecule has 1 saturated heterocycles. The standard InChI is InChI=1S/C22H26ClN3O5S/c1-16(17-2-4-18(23)5-3-17)24-22(27)15-25-8-10-26(11-9-25)32(28,29)19-6-7-20-21(14-19)31-13-12-30-20/h2-7,14,16H,8-13,15H2,1H3,(H,24,27). The quantitative estimate of drug-likeness (QED) is 0.684. The molecule has 0 radical (unpaired) electrons. The predicted molar refractivity (Wildman–Crippen MR) is 121 cm³/mol. The minimum atomic E-state index is -3.65. The van der Waals surface area contributed by atoms with Crippen LogP contribution >= 0.6 is 11.6 Å². The number of nitrogens with one attached hydrogen (secondary N) is 1. The lowest BCUT2D eigenvalue weighted by atomic mass is 10.1. The Hall–Kier alpha value is -2.33. The molecule has 2 aliphatic heterocycles. The zero-order valence-electron chi connectivity index (χ0n) is 17.8. The Kier molecular flexibility index (Phi) is 6.90. The van der Waals surface area contributed by atoms with Crippen molar-refractivity contribution in [1.29, 1.82) is 0 Å². The number of rotatable bonds is 6. The summed E-state index contributed by atoms with van der Waals surface area (Å²) < 4.78 is 38.5. The SMILES string of the molecule is CC(NC(=O)CN1CCN(S(=O)(=O)c2ccc3c(c2)OCCO3)CC1)c1ccc(Cl)cc1. The number of fused-ring (bicyclic) bond motifs is 1. The fraction of sp³-hybridized carbons (Fsp3) is 0.409. The van der Waals surface area contributed by atoms with Gasteiger partial charge in [0.2, 0.25) is 15.9 Å². The van der Waals surface area contributed by atoms with E-state index < -0.39 is 10.0 Å². The molecule has 0 bridgehead atoms. The zero-order valence-corrected chi connectivity index (χ0v) is 19.4. The molecule has 0 aromatic heterocycles. The Labute approximate surface area is 193 Å². The molecule has 1 atom stereocenters. The molecule has 0 aliphatic carbocycles. The first-order chi connectivity index (χ1) is 15.3. The normalized spacial score (nSPS) is 18.2. The van der Waals surface area contributed by atoms with E-state index in [0.717, 1.165) is 5.56 Å². The molecule has 2 aromatic carbocycles. The molecule has 1 amide bonds. The highest BCUT2D eigenvalue weighted by atomic mass is 35.5. The molecule has 1 fully saturated rings. The number of nitrogens with zero attached hydrogens (tertiary/aromatic N) is 2. The Morgan fingerprint density at radius 2 is 1.69 bits per heavy atom. The van der Waals surface area contributed by atoms with Crippen molar-refractivity contribution >= 4 is 27.5 Å². The number of hydrogen-bond acceptors (Lipinski definition) is 6. The molecule has 1 N–H and O–H groups in total. The number of ether oxygens (including phenoxy) is 2. The van der Waals surface area contributed by atoms with E-state index in [0.29, 0.717) is 55.9 Å². The van der Waals surface area contributed by atoms with Gasteiger partial charge in [-0.25, -0.2) is 8.42 Å². The first-order valence-corrected chi connectivity index (χ1v) is 12.3. The molecule has 0 spiro atoms. The fourth-order valence-electron chi connectivity index (χ4n) is 3.79. The van der Waals surface area contributed by atoms with E-state index in [2.05, 4.69) is 5.32 Å². The maximum atomic E-state index is 13.1. The van der Waals surface area contributed by atoms with Crippen LogP contribution in [0.1, 0.15) is 18.5 Å². The maximum Gasteiger partial charge on any atom is 0.243 e. The van der Waals surface area contributed by atoms with Crippen LogP contribution in [0.2, 0.25) is 5.02 Å². The van der Waals surface area contributed by atoms with E-state index in [1.54, 1.807) is 24.3 Å². The van der Waals surface area contributed by atoms with Gasteiger partial charge in [-0.05, 0) is 36.8 Å². The lowest BCUT2D eigenvalue weighted by molar-refractivity contribution is -0.123. The highest BCUT2D eigenvalue weighted by Gasteiger charge is 2.30. The molecule has 1 unspecified atom stereocenters. The highest BCUT2D eigenvalue weighted by molar-refractivity contribution is 7.89. The van der Waals surface area contributed by atoms with Crippen molar-refractivity contribution in [2.24, 2.45) is 0 Å². The number of halogens is 1. The second-order valence-electron chi connectivity index (χ2n) is 7.83. The molecule has 10 heteroatoms. The van der Waals surface area contributed by atoms with Crippen molar-refractivity contribution in [3.63, 3.8) is 0 Å². The average Bonchev–Trinajstić information content (AvgIpc) is 2.79.